The average Bonchev–Trinajstić information content (AvgIpc) is 2.29. The van der Waals surface area contributed by atoms with Crippen molar-refractivity contribution in [2.75, 3.05) is 12.8 Å². The predicted molar refractivity (Wildman–Crippen MR) is 57.4 cm³/mol. The van der Waals surface area contributed by atoms with Gasteiger partial charge in [0, 0.05) is 17.0 Å². The van der Waals surface area contributed by atoms with Crippen LogP contribution < -0.4 is 10.5 Å². The first-order valence-electron chi connectivity index (χ1n) is 4.39. The Kier molecular flexibility index (Phi) is 2.14. The number of methoxy groups -OCH3 is 1. The van der Waals surface area contributed by atoms with Gasteiger partial charge in [0.05, 0.1) is 12.7 Å². The highest BCUT2D eigenvalue weighted by atomic mass is 16.5. The van der Waals surface area contributed by atoms with E-state index in [1.54, 1.807) is 13.2 Å². The molecular formula is C11H9N3O. The smallest absolute Gasteiger partial charge is 0.131 e. The monoisotopic (exact) mass is 199 g/mol. The molecule has 0 fully saturated rings. The molecule has 0 atom stereocenters. The molecule has 0 radical (unpaired) electrons. The van der Waals surface area contributed by atoms with Gasteiger partial charge in [0.2, 0.25) is 0 Å². The van der Waals surface area contributed by atoms with Crippen molar-refractivity contribution < 1.29 is 4.74 Å². The number of ether oxygens (including phenoxy) is 1. The van der Waals surface area contributed by atoms with Crippen molar-refractivity contribution in [2.24, 2.45) is 0 Å². The van der Waals surface area contributed by atoms with Crippen LogP contribution in [0.25, 0.3) is 10.8 Å². The van der Waals surface area contributed by atoms with Gasteiger partial charge in [-0.25, -0.2) is 4.98 Å². The lowest BCUT2D eigenvalue weighted by Crippen LogP contribution is -1.95. The number of benzene rings is 1. The minimum atomic E-state index is 0.405. The molecule has 0 unspecified atom stereocenters. The first-order valence-corrected chi connectivity index (χ1v) is 4.39. The molecule has 0 saturated heterocycles. The van der Waals surface area contributed by atoms with E-state index in [1.807, 2.05) is 12.1 Å². The van der Waals surface area contributed by atoms with Gasteiger partial charge in [-0.15, -0.1) is 0 Å². The summed E-state index contributed by atoms with van der Waals surface area (Å²) >= 11 is 0. The third-order valence-electron chi connectivity index (χ3n) is 2.24. The number of aromatic nitrogens is 1. The summed E-state index contributed by atoms with van der Waals surface area (Å²) in [6.07, 6.45) is 1.46. The molecule has 0 aliphatic rings. The molecule has 0 aliphatic heterocycles. The predicted octanol–water partition coefficient (Wildman–Crippen LogP) is 1.70. The van der Waals surface area contributed by atoms with Crippen LogP contribution in [-0.4, -0.2) is 12.1 Å². The Bertz CT molecular complexity index is 557. The highest BCUT2D eigenvalue weighted by molar-refractivity contribution is 5.98. The van der Waals surface area contributed by atoms with Gasteiger partial charge in [-0.2, -0.15) is 5.26 Å². The fourth-order valence-corrected chi connectivity index (χ4v) is 1.55. The van der Waals surface area contributed by atoms with Gasteiger partial charge in [0.15, 0.2) is 0 Å². The van der Waals surface area contributed by atoms with E-state index in [9.17, 15) is 0 Å². The van der Waals surface area contributed by atoms with Crippen LogP contribution in [0.3, 0.4) is 0 Å². The van der Waals surface area contributed by atoms with Crippen LogP contribution in [0.2, 0.25) is 0 Å². The first kappa shape index (κ1) is 9.28. The van der Waals surface area contributed by atoms with Crippen LogP contribution in [0.5, 0.6) is 5.75 Å². The third-order valence-corrected chi connectivity index (χ3v) is 2.24. The summed E-state index contributed by atoms with van der Waals surface area (Å²) in [5.74, 6) is 1.04. The molecule has 1 aromatic heterocycles. The zero-order valence-corrected chi connectivity index (χ0v) is 8.19. The SMILES string of the molecule is COc1cccc2c(N)ncc(C#N)c12. The highest BCUT2D eigenvalue weighted by Crippen LogP contribution is 2.30. The molecule has 0 amide bonds. The van der Waals surface area contributed by atoms with Crippen LogP contribution in [0.1, 0.15) is 5.56 Å². The zero-order valence-electron chi connectivity index (χ0n) is 8.19. The summed E-state index contributed by atoms with van der Waals surface area (Å²) < 4.78 is 5.19. The lowest BCUT2D eigenvalue weighted by Gasteiger charge is -2.07. The van der Waals surface area contributed by atoms with E-state index in [0.717, 1.165) is 10.8 Å². The molecule has 1 aromatic carbocycles. The summed E-state index contributed by atoms with van der Waals surface area (Å²) in [5.41, 5.74) is 6.20. The van der Waals surface area contributed by atoms with Gasteiger partial charge in [-0.3, -0.25) is 0 Å². The number of rotatable bonds is 1. The van der Waals surface area contributed by atoms with Crippen LogP contribution in [0.4, 0.5) is 5.82 Å². The van der Waals surface area contributed by atoms with Crippen molar-refractivity contribution >= 4 is 16.6 Å². The topological polar surface area (TPSA) is 71.9 Å². The quantitative estimate of drug-likeness (QED) is 0.758. The molecule has 4 heteroatoms. The molecule has 2 rings (SSSR count). The Labute approximate surface area is 86.9 Å². The maximum atomic E-state index is 8.96. The number of nitrogens with two attached hydrogens (primary N) is 1. The standard InChI is InChI=1S/C11H9N3O/c1-15-9-4-2-3-8-10(9)7(5-12)6-14-11(8)13/h2-4,6H,1H3,(H2,13,14). The largest absolute Gasteiger partial charge is 0.496 e. The third kappa shape index (κ3) is 1.34. The Morgan fingerprint density at radius 2 is 2.27 bits per heavy atom. The lowest BCUT2D eigenvalue weighted by atomic mass is 10.1. The number of nitrogen functional groups attached to an aromatic ring is 1. The van der Waals surface area contributed by atoms with Crippen LogP contribution in [0, 0.1) is 11.3 Å². The molecule has 4 nitrogen and oxygen atoms in total. The number of anilines is 1. The Balaban J connectivity index is 2.96. The van der Waals surface area contributed by atoms with Crippen molar-refractivity contribution in [1.82, 2.24) is 4.98 Å². The van der Waals surface area contributed by atoms with Crippen LogP contribution >= 0.6 is 0 Å². The number of pyridine rings is 1. The first-order chi connectivity index (χ1) is 7.27. The van der Waals surface area contributed by atoms with E-state index in [2.05, 4.69) is 11.1 Å². The van der Waals surface area contributed by atoms with Crippen molar-refractivity contribution in [2.45, 2.75) is 0 Å². The van der Waals surface area contributed by atoms with Crippen molar-refractivity contribution in [1.29, 1.82) is 5.26 Å². The maximum Gasteiger partial charge on any atom is 0.131 e. The molecule has 0 bridgehead atoms. The fraction of sp³-hybridized carbons (Fsp3) is 0.0909. The van der Waals surface area contributed by atoms with Gasteiger partial charge in [-0.1, -0.05) is 12.1 Å². The van der Waals surface area contributed by atoms with E-state index in [1.165, 1.54) is 6.20 Å². The van der Waals surface area contributed by atoms with E-state index >= 15 is 0 Å². The minimum absolute atomic E-state index is 0.405. The van der Waals surface area contributed by atoms with Gasteiger partial charge in [-0.05, 0) is 6.07 Å². The van der Waals surface area contributed by atoms with Crippen molar-refractivity contribution in [3.05, 3.63) is 30.0 Å². The van der Waals surface area contributed by atoms with Gasteiger partial charge < -0.3 is 10.5 Å². The number of nitrogens with zero attached hydrogens (tertiary/aromatic N) is 2. The molecule has 2 aromatic rings. The summed E-state index contributed by atoms with van der Waals surface area (Å²) in [5, 5.41) is 10.4. The molecule has 74 valence electrons. The number of nitriles is 1. The molecule has 2 N–H and O–H groups in total. The molecule has 1 heterocycles. The van der Waals surface area contributed by atoms with E-state index in [-0.39, 0.29) is 0 Å². The second-order valence-electron chi connectivity index (χ2n) is 3.05. The second-order valence-corrected chi connectivity index (χ2v) is 3.05. The van der Waals surface area contributed by atoms with E-state index in [4.69, 9.17) is 15.7 Å². The molecule has 15 heavy (non-hydrogen) atoms. The second kappa shape index (κ2) is 3.46. The van der Waals surface area contributed by atoms with Crippen LogP contribution in [0.15, 0.2) is 24.4 Å². The summed E-state index contributed by atoms with van der Waals surface area (Å²) in [6, 6.07) is 7.51. The lowest BCUT2D eigenvalue weighted by molar-refractivity contribution is 0.419. The number of hydrogen-bond donors (Lipinski definition) is 1. The number of hydrogen-bond acceptors (Lipinski definition) is 4. The maximum absolute atomic E-state index is 8.96. The highest BCUT2D eigenvalue weighted by Gasteiger charge is 2.09. The molecule has 0 saturated carbocycles. The normalized spacial score (nSPS) is 9.87. The summed E-state index contributed by atoms with van der Waals surface area (Å²) in [7, 11) is 1.56. The molecule has 0 aliphatic carbocycles. The zero-order chi connectivity index (χ0) is 10.8. The summed E-state index contributed by atoms with van der Waals surface area (Å²) in [6.45, 7) is 0. The fourth-order valence-electron chi connectivity index (χ4n) is 1.55. The average molecular weight is 199 g/mol. The number of fused-ring (bicyclic) bond motifs is 1. The summed E-state index contributed by atoms with van der Waals surface area (Å²) in [4.78, 5) is 3.95. The van der Waals surface area contributed by atoms with E-state index in [0.29, 0.717) is 17.1 Å². The van der Waals surface area contributed by atoms with Gasteiger partial charge in [0.25, 0.3) is 0 Å². The molecular weight excluding hydrogens is 190 g/mol. The minimum Gasteiger partial charge on any atom is -0.496 e. The van der Waals surface area contributed by atoms with Crippen LogP contribution in [-0.2, 0) is 0 Å². The van der Waals surface area contributed by atoms with E-state index < -0.39 is 0 Å². The Morgan fingerprint density at radius 1 is 1.47 bits per heavy atom. The Hall–Kier alpha value is -2.28. The molecule has 0 spiro atoms. The van der Waals surface area contributed by atoms with Gasteiger partial charge in [0.1, 0.15) is 17.6 Å². The van der Waals surface area contributed by atoms with Crippen molar-refractivity contribution in [3.8, 4) is 11.8 Å². The Morgan fingerprint density at radius 3 is 2.93 bits per heavy atom. The van der Waals surface area contributed by atoms with Gasteiger partial charge >= 0.3 is 0 Å². The van der Waals surface area contributed by atoms with Crippen molar-refractivity contribution in [3.63, 3.8) is 0 Å².